The zero-order chi connectivity index (χ0) is 16.7. The van der Waals surface area contributed by atoms with Crippen LogP contribution in [0.1, 0.15) is 23.7 Å². The number of amides is 3. The topological polar surface area (TPSA) is 70.2 Å². The zero-order valence-electron chi connectivity index (χ0n) is 12.7. The molecule has 0 saturated heterocycles. The summed E-state index contributed by atoms with van der Waals surface area (Å²) in [5, 5.41) is 8.26. The summed E-state index contributed by atoms with van der Waals surface area (Å²) in [5.41, 5.74) is 1.87. The van der Waals surface area contributed by atoms with Gasteiger partial charge in [-0.1, -0.05) is 28.9 Å². The molecule has 6 heteroatoms. The maximum absolute atomic E-state index is 11.9. The SMILES string of the molecule is CCCNC(=O)c1ccc(NC(=O)Nc2cccc(Br)c2)cc1. The molecule has 0 aliphatic carbocycles. The Morgan fingerprint density at radius 3 is 2.35 bits per heavy atom. The summed E-state index contributed by atoms with van der Waals surface area (Å²) in [6.07, 6.45) is 0.890. The smallest absolute Gasteiger partial charge is 0.323 e. The van der Waals surface area contributed by atoms with Crippen LogP contribution >= 0.6 is 15.9 Å². The molecule has 120 valence electrons. The number of urea groups is 1. The van der Waals surface area contributed by atoms with Crippen molar-refractivity contribution in [3.63, 3.8) is 0 Å². The fraction of sp³-hybridized carbons (Fsp3) is 0.176. The van der Waals surface area contributed by atoms with Crippen molar-refractivity contribution in [2.24, 2.45) is 0 Å². The molecule has 2 aromatic rings. The highest BCUT2D eigenvalue weighted by Gasteiger charge is 2.06. The standard InChI is InChI=1S/C17H18BrN3O2/c1-2-10-19-16(22)12-6-8-14(9-7-12)20-17(23)21-15-5-3-4-13(18)11-15/h3-9,11H,2,10H2,1H3,(H,19,22)(H2,20,21,23). The third-order valence-corrected chi connectivity index (χ3v) is 3.52. The fourth-order valence-electron chi connectivity index (χ4n) is 1.91. The molecule has 0 aliphatic rings. The van der Waals surface area contributed by atoms with Gasteiger partial charge in [-0.15, -0.1) is 0 Å². The molecule has 2 rings (SSSR count). The van der Waals surface area contributed by atoms with E-state index in [-0.39, 0.29) is 11.9 Å². The van der Waals surface area contributed by atoms with E-state index in [1.807, 2.05) is 19.1 Å². The minimum Gasteiger partial charge on any atom is -0.352 e. The molecule has 23 heavy (non-hydrogen) atoms. The Morgan fingerprint density at radius 1 is 1.00 bits per heavy atom. The average molecular weight is 376 g/mol. The normalized spacial score (nSPS) is 10.0. The van der Waals surface area contributed by atoms with Crippen LogP contribution in [0.4, 0.5) is 16.2 Å². The molecule has 0 unspecified atom stereocenters. The van der Waals surface area contributed by atoms with Gasteiger partial charge in [0.1, 0.15) is 0 Å². The maximum atomic E-state index is 11.9. The molecule has 0 bridgehead atoms. The maximum Gasteiger partial charge on any atom is 0.323 e. The second kappa shape index (κ2) is 8.33. The Hall–Kier alpha value is -2.34. The van der Waals surface area contributed by atoms with Gasteiger partial charge in [0, 0.05) is 28.0 Å². The van der Waals surface area contributed by atoms with Crippen molar-refractivity contribution in [1.29, 1.82) is 0 Å². The molecule has 0 spiro atoms. The highest BCUT2D eigenvalue weighted by Crippen LogP contribution is 2.16. The second-order valence-electron chi connectivity index (χ2n) is 4.92. The lowest BCUT2D eigenvalue weighted by atomic mass is 10.2. The largest absolute Gasteiger partial charge is 0.352 e. The minimum atomic E-state index is -0.341. The van der Waals surface area contributed by atoms with Gasteiger partial charge >= 0.3 is 6.03 Å². The van der Waals surface area contributed by atoms with Gasteiger partial charge in [0.25, 0.3) is 5.91 Å². The summed E-state index contributed by atoms with van der Waals surface area (Å²) in [5.74, 6) is -0.114. The molecule has 0 fully saturated rings. The van der Waals surface area contributed by atoms with Crippen LogP contribution in [-0.2, 0) is 0 Å². The first-order valence-corrected chi connectivity index (χ1v) is 8.09. The van der Waals surface area contributed by atoms with Crippen molar-refractivity contribution < 1.29 is 9.59 Å². The molecule has 0 heterocycles. The number of carbonyl (C=O) groups is 2. The Balaban J connectivity index is 1.92. The van der Waals surface area contributed by atoms with Crippen LogP contribution in [0.25, 0.3) is 0 Å². The van der Waals surface area contributed by atoms with Crippen LogP contribution in [-0.4, -0.2) is 18.5 Å². The number of halogens is 1. The first kappa shape index (κ1) is 17.0. The molecule has 0 atom stereocenters. The Kier molecular flexibility index (Phi) is 6.17. The Labute approximate surface area is 143 Å². The van der Waals surface area contributed by atoms with E-state index in [1.165, 1.54) is 0 Å². The van der Waals surface area contributed by atoms with E-state index in [9.17, 15) is 9.59 Å². The van der Waals surface area contributed by atoms with E-state index in [0.29, 0.717) is 23.5 Å². The first-order valence-electron chi connectivity index (χ1n) is 7.30. The van der Waals surface area contributed by atoms with Crippen LogP contribution in [0.15, 0.2) is 53.0 Å². The van der Waals surface area contributed by atoms with Crippen LogP contribution in [0.3, 0.4) is 0 Å². The summed E-state index contributed by atoms with van der Waals surface area (Å²) >= 11 is 3.35. The second-order valence-corrected chi connectivity index (χ2v) is 5.84. The van der Waals surface area contributed by atoms with Gasteiger partial charge in [-0.3, -0.25) is 4.79 Å². The molecule has 2 aromatic carbocycles. The predicted molar refractivity (Wildman–Crippen MR) is 95.8 cm³/mol. The number of rotatable bonds is 5. The van der Waals surface area contributed by atoms with E-state index < -0.39 is 0 Å². The quantitative estimate of drug-likeness (QED) is 0.731. The van der Waals surface area contributed by atoms with Gasteiger partial charge in [0.2, 0.25) is 0 Å². The van der Waals surface area contributed by atoms with Crippen LogP contribution in [0, 0.1) is 0 Å². The van der Waals surface area contributed by atoms with Crippen LogP contribution < -0.4 is 16.0 Å². The lowest BCUT2D eigenvalue weighted by Crippen LogP contribution is -2.24. The van der Waals surface area contributed by atoms with E-state index in [0.717, 1.165) is 10.9 Å². The van der Waals surface area contributed by atoms with Crippen molar-refractivity contribution in [3.8, 4) is 0 Å². The number of hydrogen-bond acceptors (Lipinski definition) is 2. The highest BCUT2D eigenvalue weighted by molar-refractivity contribution is 9.10. The van der Waals surface area contributed by atoms with Gasteiger partial charge in [-0.2, -0.15) is 0 Å². The van der Waals surface area contributed by atoms with E-state index in [1.54, 1.807) is 36.4 Å². The lowest BCUT2D eigenvalue weighted by Gasteiger charge is -2.09. The molecule has 3 amide bonds. The number of anilines is 2. The van der Waals surface area contributed by atoms with Crippen LogP contribution in [0.2, 0.25) is 0 Å². The van der Waals surface area contributed by atoms with E-state index in [4.69, 9.17) is 0 Å². The lowest BCUT2D eigenvalue weighted by molar-refractivity contribution is 0.0953. The Bertz CT molecular complexity index is 686. The molecule has 0 aliphatic heterocycles. The monoisotopic (exact) mass is 375 g/mol. The average Bonchev–Trinajstić information content (AvgIpc) is 2.53. The van der Waals surface area contributed by atoms with E-state index >= 15 is 0 Å². The zero-order valence-corrected chi connectivity index (χ0v) is 14.3. The number of nitrogens with one attached hydrogen (secondary N) is 3. The molecule has 5 nitrogen and oxygen atoms in total. The fourth-order valence-corrected chi connectivity index (χ4v) is 2.30. The summed E-state index contributed by atoms with van der Waals surface area (Å²) in [6, 6.07) is 13.7. The number of carbonyl (C=O) groups excluding carboxylic acids is 2. The summed E-state index contributed by atoms with van der Waals surface area (Å²) in [6.45, 7) is 2.64. The number of benzene rings is 2. The van der Waals surface area contributed by atoms with E-state index in [2.05, 4.69) is 31.9 Å². The summed E-state index contributed by atoms with van der Waals surface area (Å²) in [7, 11) is 0. The summed E-state index contributed by atoms with van der Waals surface area (Å²) < 4.78 is 0.887. The molecular weight excluding hydrogens is 358 g/mol. The first-order chi connectivity index (χ1) is 11.1. The summed E-state index contributed by atoms with van der Waals surface area (Å²) in [4.78, 5) is 23.7. The number of hydrogen-bond donors (Lipinski definition) is 3. The van der Waals surface area contributed by atoms with Gasteiger partial charge in [0.05, 0.1) is 0 Å². The molecule has 0 aromatic heterocycles. The van der Waals surface area contributed by atoms with Crippen LogP contribution in [0.5, 0.6) is 0 Å². The molecule has 3 N–H and O–H groups in total. The van der Waals surface area contributed by atoms with Gasteiger partial charge in [-0.25, -0.2) is 4.79 Å². The van der Waals surface area contributed by atoms with Gasteiger partial charge in [0.15, 0.2) is 0 Å². The van der Waals surface area contributed by atoms with Crippen molar-refractivity contribution in [2.45, 2.75) is 13.3 Å². The van der Waals surface area contributed by atoms with Gasteiger partial charge < -0.3 is 16.0 Å². The Morgan fingerprint density at radius 2 is 1.70 bits per heavy atom. The minimum absolute atomic E-state index is 0.114. The molecule has 0 radical (unpaired) electrons. The van der Waals surface area contributed by atoms with Gasteiger partial charge in [-0.05, 0) is 48.9 Å². The van der Waals surface area contributed by atoms with Crippen molar-refractivity contribution >= 4 is 39.2 Å². The third-order valence-electron chi connectivity index (χ3n) is 3.02. The molecular formula is C17H18BrN3O2. The highest BCUT2D eigenvalue weighted by atomic mass is 79.9. The van der Waals surface area contributed by atoms with Crippen molar-refractivity contribution in [1.82, 2.24) is 5.32 Å². The van der Waals surface area contributed by atoms with Crippen molar-refractivity contribution in [2.75, 3.05) is 17.2 Å². The third kappa shape index (κ3) is 5.41. The molecule has 0 saturated carbocycles. The van der Waals surface area contributed by atoms with Crippen molar-refractivity contribution in [3.05, 3.63) is 58.6 Å². The predicted octanol–water partition coefficient (Wildman–Crippen LogP) is 4.23.